The standard InChI is InChI=1S/C14H17F3N4/c1-9-7-10(21(2)20-9)8-13(19-18)11-5-3-4-6-12(11)14(15,16)17/h3-7,13,19H,8,18H2,1-2H3. The summed E-state index contributed by atoms with van der Waals surface area (Å²) in [4.78, 5) is 0. The second kappa shape index (κ2) is 5.87. The number of halogens is 3. The van der Waals surface area contributed by atoms with E-state index in [1.807, 2.05) is 13.0 Å². The van der Waals surface area contributed by atoms with Gasteiger partial charge in [-0.3, -0.25) is 16.0 Å². The topological polar surface area (TPSA) is 55.9 Å². The van der Waals surface area contributed by atoms with Crippen molar-refractivity contribution in [2.24, 2.45) is 12.9 Å². The molecule has 7 heteroatoms. The quantitative estimate of drug-likeness (QED) is 0.673. The number of nitrogens with zero attached hydrogens (tertiary/aromatic N) is 2. The third-order valence-corrected chi connectivity index (χ3v) is 3.35. The van der Waals surface area contributed by atoms with Crippen molar-refractivity contribution in [3.63, 3.8) is 0 Å². The molecule has 114 valence electrons. The minimum absolute atomic E-state index is 0.131. The summed E-state index contributed by atoms with van der Waals surface area (Å²) < 4.78 is 40.9. The van der Waals surface area contributed by atoms with E-state index in [4.69, 9.17) is 5.84 Å². The van der Waals surface area contributed by atoms with E-state index in [0.29, 0.717) is 6.42 Å². The molecule has 0 aliphatic heterocycles. The number of alkyl halides is 3. The average molecular weight is 298 g/mol. The third-order valence-electron chi connectivity index (χ3n) is 3.35. The minimum Gasteiger partial charge on any atom is -0.272 e. The van der Waals surface area contributed by atoms with Crippen LogP contribution >= 0.6 is 0 Å². The first-order valence-corrected chi connectivity index (χ1v) is 6.44. The molecule has 3 N–H and O–H groups in total. The van der Waals surface area contributed by atoms with Gasteiger partial charge in [-0.2, -0.15) is 18.3 Å². The average Bonchev–Trinajstić information content (AvgIpc) is 2.73. The van der Waals surface area contributed by atoms with Crippen molar-refractivity contribution in [3.05, 3.63) is 52.8 Å². The summed E-state index contributed by atoms with van der Waals surface area (Å²) in [7, 11) is 1.76. The van der Waals surface area contributed by atoms with Crippen molar-refractivity contribution in [2.45, 2.75) is 25.6 Å². The Labute approximate surface area is 120 Å². The van der Waals surface area contributed by atoms with Gasteiger partial charge in [0.05, 0.1) is 17.3 Å². The molecule has 0 bridgehead atoms. The van der Waals surface area contributed by atoms with Crippen LogP contribution in [0.1, 0.15) is 28.6 Å². The van der Waals surface area contributed by atoms with Crippen molar-refractivity contribution in [1.82, 2.24) is 15.2 Å². The lowest BCUT2D eigenvalue weighted by Gasteiger charge is -2.21. The molecule has 1 atom stereocenters. The van der Waals surface area contributed by atoms with Gasteiger partial charge < -0.3 is 0 Å². The summed E-state index contributed by atoms with van der Waals surface area (Å²) in [5, 5.41) is 4.19. The first-order chi connectivity index (χ1) is 9.82. The second-order valence-corrected chi connectivity index (χ2v) is 4.91. The third kappa shape index (κ3) is 3.43. The van der Waals surface area contributed by atoms with Crippen LogP contribution in [-0.2, 0) is 19.6 Å². The molecule has 0 aliphatic carbocycles. The van der Waals surface area contributed by atoms with Crippen molar-refractivity contribution in [1.29, 1.82) is 0 Å². The van der Waals surface area contributed by atoms with Gasteiger partial charge in [-0.15, -0.1) is 0 Å². The summed E-state index contributed by atoms with van der Waals surface area (Å²) in [5.41, 5.74) is 3.56. The first-order valence-electron chi connectivity index (χ1n) is 6.44. The first kappa shape index (κ1) is 15.5. The van der Waals surface area contributed by atoms with Gasteiger partial charge in [0.1, 0.15) is 0 Å². The molecule has 0 saturated heterocycles. The van der Waals surface area contributed by atoms with Crippen LogP contribution in [0.25, 0.3) is 0 Å². The van der Waals surface area contributed by atoms with Gasteiger partial charge in [-0.05, 0) is 24.6 Å². The lowest BCUT2D eigenvalue weighted by atomic mass is 9.96. The smallest absolute Gasteiger partial charge is 0.272 e. The van der Waals surface area contributed by atoms with Gasteiger partial charge in [0, 0.05) is 19.2 Å². The largest absolute Gasteiger partial charge is 0.416 e. The van der Waals surface area contributed by atoms with E-state index in [-0.39, 0.29) is 5.56 Å². The zero-order valence-electron chi connectivity index (χ0n) is 11.8. The Morgan fingerprint density at radius 3 is 2.52 bits per heavy atom. The SMILES string of the molecule is Cc1cc(CC(NN)c2ccccc2C(F)(F)F)n(C)n1. The van der Waals surface area contributed by atoms with Crippen molar-refractivity contribution in [3.8, 4) is 0 Å². The molecule has 0 amide bonds. The lowest BCUT2D eigenvalue weighted by molar-refractivity contribution is -0.138. The fourth-order valence-corrected chi connectivity index (χ4v) is 2.38. The highest BCUT2D eigenvalue weighted by atomic mass is 19.4. The van der Waals surface area contributed by atoms with E-state index >= 15 is 0 Å². The monoisotopic (exact) mass is 298 g/mol. The van der Waals surface area contributed by atoms with Crippen LogP contribution in [0, 0.1) is 6.92 Å². The Morgan fingerprint density at radius 1 is 1.33 bits per heavy atom. The summed E-state index contributed by atoms with van der Waals surface area (Å²) in [6.45, 7) is 1.83. The molecule has 0 spiro atoms. The second-order valence-electron chi connectivity index (χ2n) is 4.91. The fourth-order valence-electron chi connectivity index (χ4n) is 2.38. The van der Waals surface area contributed by atoms with Crippen LogP contribution in [0.3, 0.4) is 0 Å². The molecule has 1 unspecified atom stereocenters. The van der Waals surface area contributed by atoms with Crippen LogP contribution in [0.2, 0.25) is 0 Å². The number of hydrogen-bond donors (Lipinski definition) is 2. The van der Waals surface area contributed by atoms with Crippen molar-refractivity contribution >= 4 is 0 Å². The highest BCUT2D eigenvalue weighted by molar-refractivity contribution is 5.33. The van der Waals surface area contributed by atoms with Gasteiger partial charge >= 0.3 is 6.18 Å². The molecule has 21 heavy (non-hydrogen) atoms. The number of nitrogens with one attached hydrogen (secondary N) is 1. The number of aromatic nitrogens is 2. The van der Waals surface area contributed by atoms with E-state index in [1.165, 1.54) is 12.1 Å². The van der Waals surface area contributed by atoms with Crippen molar-refractivity contribution < 1.29 is 13.2 Å². The van der Waals surface area contributed by atoms with Crippen LogP contribution in [0.5, 0.6) is 0 Å². The number of hydrazine groups is 1. The molecule has 0 aliphatic rings. The summed E-state index contributed by atoms with van der Waals surface area (Å²) in [6.07, 6.45) is -4.09. The maximum absolute atomic E-state index is 13.1. The molecule has 0 radical (unpaired) electrons. The highest BCUT2D eigenvalue weighted by Crippen LogP contribution is 2.35. The number of aryl methyl sites for hydroxylation is 2. The lowest BCUT2D eigenvalue weighted by Crippen LogP contribution is -2.31. The molecule has 1 heterocycles. The van der Waals surface area contributed by atoms with Crippen LogP contribution < -0.4 is 11.3 Å². The molecular formula is C14H17F3N4. The number of hydrogen-bond acceptors (Lipinski definition) is 3. The van der Waals surface area contributed by atoms with E-state index in [0.717, 1.165) is 17.5 Å². The van der Waals surface area contributed by atoms with E-state index in [1.54, 1.807) is 17.8 Å². The van der Waals surface area contributed by atoms with Gasteiger partial charge in [-0.1, -0.05) is 18.2 Å². The van der Waals surface area contributed by atoms with Crippen LogP contribution in [0.15, 0.2) is 30.3 Å². The molecule has 1 aromatic heterocycles. The number of nitrogens with two attached hydrogens (primary N) is 1. The highest BCUT2D eigenvalue weighted by Gasteiger charge is 2.34. The predicted octanol–water partition coefficient (Wildman–Crippen LogP) is 2.49. The molecule has 0 fully saturated rings. The van der Waals surface area contributed by atoms with E-state index in [9.17, 15) is 13.2 Å². The van der Waals surface area contributed by atoms with Gasteiger partial charge in [0.25, 0.3) is 0 Å². The Kier molecular flexibility index (Phi) is 4.34. The molecule has 2 rings (SSSR count). The number of rotatable bonds is 4. The summed E-state index contributed by atoms with van der Waals surface area (Å²) in [5.74, 6) is 5.47. The molecule has 4 nitrogen and oxygen atoms in total. The molecule has 2 aromatic rings. The molecule has 1 aromatic carbocycles. The van der Waals surface area contributed by atoms with Gasteiger partial charge in [0.2, 0.25) is 0 Å². The minimum atomic E-state index is -4.41. The van der Waals surface area contributed by atoms with E-state index < -0.39 is 17.8 Å². The maximum Gasteiger partial charge on any atom is 0.416 e. The normalized spacial score (nSPS) is 13.4. The Hall–Kier alpha value is -1.86. The summed E-state index contributed by atoms with van der Waals surface area (Å²) >= 11 is 0. The van der Waals surface area contributed by atoms with E-state index in [2.05, 4.69) is 10.5 Å². The zero-order chi connectivity index (χ0) is 15.6. The van der Waals surface area contributed by atoms with Crippen molar-refractivity contribution in [2.75, 3.05) is 0 Å². The Morgan fingerprint density at radius 2 is 2.00 bits per heavy atom. The Balaban J connectivity index is 2.36. The van der Waals surface area contributed by atoms with Crippen LogP contribution in [0.4, 0.5) is 13.2 Å². The summed E-state index contributed by atoms with van der Waals surface area (Å²) in [6, 6.07) is 6.64. The van der Waals surface area contributed by atoms with Crippen LogP contribution in [-0.4, -0.2) is 9.78 Å². The molecule has 0 saturated carbocycles. The number of benzene rings is 1. The molecular weight excluding hydrogens is 281 g/mol. The van der Waals surface area contributed by atoms with Gasteiger partial charge in [-0.25, -0.2) is 0 Å². The fraction of sp³-hybridized carbons (Fsp3) is 0.357. The van der Waals surface area contributed by atoms with Gasteiger partial charge in [0.15, 0.2) is 0 Å². The predicted molar refractivity (Wildman–Crippen MR) is 73.2 cm³/mol. The maximum atomic E-state index is 13.1. The Bertz CT molecular complexity index is 619. The zero-order valence-corrected chi connectivity index (χ0v) is 11.8.